The van der Waals surface area contributed by atoms with Crippen LogP contribution in [0.15, 0.2) is 12.2 Å². The number of rotatable bonds is 8. The molecule has 4 N–H and O–H groups in total. The molecule has 1 aliphatic rings. The van der Waals surface area contributed by atoms with Crippen molar-refractivity contribution in [3.63, 3.8) is 0 Å². The van der Waals surface area contributed by atoms with E-state index in [0.29, 0.717) is 24.0 Å². The topological polar surface area (TPSA) is 75.3 Å². The van der Waals surface area contributed by atoms with E-state index in [1.807, 2.05) is 13.8 Å². The number of amides is 1. The van der Waals surface area contributed by atoms with Crippen molar-refractivity contribution in [2.75, 3.05) is 6.54 Å². The van der Waals surface area contributed by atoms with Crippen LogP contribution in [0.25, 0.3) is 0 Å². The Bertz CT molecular complexity index is 336. The van der Waals surface area contributed by atoms with Gasteiger partial charge in [-0.25, -0.2) is 0 Å². The van der Waals surface area contributed by atoms with E-state index in [0.717, 1.165) is 6.42 Å². The fourth-order valence-electron chi connectivity index (χ4n) is 2.88. The Labute approximate surface area is 129 Å². The Morgan fingerprint density at radius 1 is 1.33 bits per heavy atom. The first-order valence-corrected chi connectivity index (χ1v) is 8.29. The lowest BCUT2D eigenvalue weighted by atomic mass is 9.83. The largest absolute Gasteiger partial charge is 0.391 e. The highest BCUT2D eigenvalue weighted by atomic mass is 16.3. The highest BCUT2D eigenvalue weighted by molar-refractivity contribution is 5.92. The Hall–Kier alpha value is -0.870. The SMILES string of the molecule is C=C(C[C@H](O)[C@@H](N)CC1CCCCC1)C(=O)NCC(C)C. The van der Waals surface area contributed by atoms with Crippen LogP contribution in [0.4, 0.5) is 0 Å². The lowest BCUT2D eigenvalue weighted by molar-refractivity contribution is -0.118. The van der Waals surface area contributed by atoms with Gasteiger partial charge in [0.25, 0.3) is 0 Å². The maximum Gasteiger partial charge on any atom is 0.246 e. The monoisotopic (exact) mass is 296 g/mol. The molecular formula is C17H32N2O2. The van der Waals surface area contributed by atoms with E-state index in [1.165, 1.54) is 32.1 Å². The van der Waals surface area contributed by atoms with E-state index in [2.05, 4.69) is 11.9 Å². The molecule has 0 radical (unpaired) electrons. The minimum absolute atomic E-state index is 0.174. The van der Waals surface area contributed by atoms with Crippen molar-refractivity contribution in [3.05, 3.63) is 12.2 Å². The van der Waals surface area contributed by atoms with Crippen molar-refractivity contribution in [1.29, 1.82) is 0 Å². The summed E-state index contributed by atoms with van der Waals surface area (Å²) in [5, 5.41) is 13.0. The summed E-state index contributed by atoms with van der Waals surface area (Å²) >= 11 is 0. The van der Waals surface area contributed by atoms with Gasteiger partial charge in [-0.2, -0.15) is 0 Å². The number of hydrogen-bond donors (Lipinski definition) is 3. The lowest BCUT2D eigenvalue weighted by Crippen LogP contribution is -2.38. The zero-order valence-electron chi connectivity index (χ0n) is 13.6. The third-order valence-electron chi connectivity index (χ3n) is 4.27. The number of hydrogen-bond acceptors (Lipinski definition) is 3. The van der Waals surface area contributed by atoms with Gasteiger partial charge in [0.05, 0.1) is 6.10 Å². The van der Waals surface area contributed by atoms with Crippen LogP contribution >= 0.6 is 0 Å². The van der Waals surface area contributed by atoms with Crippen molar-refractivity contribution < 1.29 is 9.90 Å². The Kier molecular flexibility index (Phi) is 7.97. The normalized spacial score (nSPS) is 19.3. The van der Waals surface area contributed by atoms with Crippen LogP contribution < -0.4 is 11.1 Å². The van der Waals surface area contributed by atoms with Crippen LogP contribution in [0.5, 0.6) is 0 Å². The first-order valence-electron chi connectivity index (χ1n) is 8.29. The summed E-state index contributed by atoms with van der Waals surface area (Å²) < 4.78 is 0. The first kappa shape index (κ1) is 18.2. The zero-order chi connectivity index (χ0) is 15.8. The molecule has 0 saturated heterocycles. The molecule has 0 aromatic rings. The summed E-state index contributed by atoms with van der Waals surface area (Å²) in [4.78, 5) is 11.8. The van der Waals surface area contributed by atoms with E-state index >= 15 is 0 Å². The minimum atomic E-state index is -0.677. The number of nitrogens with two attached hydrogens (primary N) is 1. The average molecular weight is 296 g/mol. The molecule has 1 fully saturated rings. The van der Waals surface area contributed by atoms with Gasteiger partial charge in [0.15, 0.2) is 0 Å². The quantitative estimate of drug-likeness (QED) is 0.602. The molecule has 1 amide bonds. The van der Waals surface area contributed by atoms with Gasteiger partial charge >= 0.3 is 0 Å². The maximum absolute atomic E-state index is 11.8. The van der Waals surface area contributed by atoms with Crippen molar-refractivity contribution in [2.45, 2.75) is 70.9 Å². The standard InChI is InChI=1S/C17H32N2O2/c1-12(2)11-19-17(21)13(3)9-16(20)15(18)10-14-7-5-4-6-8-14/h12,14-16,20H,3-11,18H2,1-2H3,(H,19,21)/t15-,16-/m0/s1. The molecule has 0 aliphatic heterocycles. The highest BCUT2D eigenvalue weighted by Gasteiger charge is 2.23. The molecule has 4 nitrogen and oxygen atoms in total. The van der Waals surface area contributed by atoms with Crippen molar-refractivity contribution >= 4 is 5.91 Å². The first-order chi connectivity index (χ1) is 9.90. The molecule has 0 bridgehead atoms. The Morgan fingerprint density at radius 3 is 2.52 bits per heavy atom. The smallest absolute Gasteiger partial charge is 0.246 e. The van der Waals surface area contributed by atoms with E-state index in [-0.39, 0.29) is 18.4 Å². The third-order valence-corrected chi connectivity index (χ3v) is 4.27. The molecule has 1 saturated carbocycles. The number of aliphatic hydroxyl groups is 1. The Balaban J connectivity index is 2.31. The lowest BCUT2D eigenvalue weighted by Gasteiger charge is -2.27. The van der Waals surface area contributed by atoms with Crippen LogP contribution in [0, 0.1) is 11.8 Å². The molecule has 0 spiro atoms. The van der Waals surface area contributed by atoms with Crippen LogP contribution in [-0.2, 0) is 4.79 Å². The summed E-state index contributed by atoms with van der Waals surface area (Å²) in [6, 6.07) is -0.261. The van der Waals surface area contributed by atoms with Crippen LogP contribution in [-0.4, -0.2) is 29.7 Å². The number of carbonyl (C=O) groups excluding carboxylic acids is 1. The third kappa shape index (κ3) is 7.09. The molecule has 1 rings (SSSR count). The molecular weight excluding hydrogens is 264 g/mol. The molecule has 122 valence electrons. The van der Waals surface area contributed by atoms with Gasteiger partial charge < -0.3 is 16.2 Å². The van der Waals surface area contributed by atoms with Gasteiger partial charge in [0, 0.05) is 24.6 Å². The summed E-state index contributed by atoms with van der Waals surface area (Å²) in [7, 11) is 0. The van der Waals surface area contributed by atoms with Crippen LogP contribution in [0.1, 0.15) is 58.8 Å². The fraction of sp³-hybridized carbons (Fsp3) is 0.824. The second-order valence-corrected chi connectivity index (χ2v) is 6.88. The maximum atomic E-state index is 11.8. The number of nitrogens with one attached hydrogen (secondary N) is 1. The minimum Gasteiger partial charge on any atom is -0.391 e. The number of aliphatic hydroxyl groups excluding tert-OH is 1. The van der Waals surface area contributed by atoms with Gasteiger partial charge in [-0.15, -0.1) is 0 Å². The van der Waals surface area contributed by atoms with Crippen molar-refractivity contribution in [2.24, 2.45) is 17.6 Å². The second-order valence-electron chi connectivity index (χ2n) is 6.88. The van der Waals surface area contributed by atoms with E-state index in [4.69, 9.17) is 5.73 Å². The average Bonchev–Trinajstić information content (AvgIpc) is 2.45. The molecule has 0 heterocycles. The molecule has 21 heavy (non-hydrogen) atoms. The van der Waals surface area contributed by atoms with E-state index < -0.39 is 6.10 Å². The summed E-state index contributed by atoms with van der Waals surface area (Å²) in [5.74, 6) is 0.860. The van der Waals surface area contributed by atoms with Gasteiger partial charge in [-0.3, -0.25) is 4.79 Å². The predicted octanol–water partition coefficient (Wildman–Crippen LogP) is 2.36. The van der Waals surface area contributed by atoms with Crippen molar-refractivity contribution in [1.82, 2.24) is 5.32 Å². The summed E-state index contributed by atoms with van der Waals surface area (Å²) in [6.07, 6.45) is 6.74. The Morgan fingerprint density at radius 2 is 1.95 bits per heavy atom. The van der Waals surface area contributed by atoms with Crippen molar-refractivity contribution in [3.8, 4) is 0 Å². The van der Waals surface area contributed by atoms with E-state index in [1.54, 1.807) is 0 Å². The summed E-state index contributed by atoms with van der Waals surface area (Å²) in [6.45, 7) is 8.48. The second kappa shape index (κ2) is 9.21. The van der Waals surface area contributed by atoms with Gasteiger partial charge in [-0.05, 0) is 18.3 Å². The molecule has 0 aromatic heterocycles. The van der Waals surface area contributed by atoms with Gasteiger partial charge in [0.2, 0.25) is 5.91 Å². The predicted molar refractivity (Wildman–Crippen MR) is 86.8 cm³/mol. The molecule has 0 aromatic carbocycles. The summed E-state index contributed by atoms with van der Waals surface area (Å²) in [5.41, 5.74) is 6.51. The van der Waals surface area contributed by atoms with Crippen LogP contribution in [0.2, 0.25) is 0 Å². The highest BCUT2D eigenvalue weighted by Crippen LogP contribution is 2.28. The fourth-order valence-corrected chi connectivity index (χ4v) is 2.88. The molecule has 4 heteroatoms. The molecule has 2 atom stereocenters. The molecule has 1 aliphatic carbocycles. The van der Waals surface area contributed by atoms with Crippen LogP contribution in [0.3, 0.4) is 0 Å². The van der Waals surface area contributed by atoms with Gasteiger partial charge in [-0.1, -0.05) is 52.5 Å². The van der Waals surface area contributed by atoms with E-state index in [9.17, 15) is 9.90 Å². The zero-order valence-corrected chi connectivity index (χ0v) is 13.6. The molecule has 0 unspecified atom stereocenters. The van der Waals surface area contributed by atoms with Gasteiger partial charge in [0.1, 0.15) is 0 Å². The number of carbonyl (C=O) groups is 1.